The van der Waals surface area contributed by atoms with Crippen molar-refractivity contribution in [3.63, 3.8) is 0 Å². The number of hydrogen-bond acceptors (Lipinski definition) is 4. The van der Waals surface area contributed by atoms with Crippen molar-refractivity contribution in [2.45, 2.75) is 0 Å². The van der Waals surface area contributed by atoms with Crippen LogP contribution in [0.4, 0.5) is 0 Å². The summed E-state index contributed by atoms with van der Waals surface area (Å²) < 4.78 is 6.22. The third-order valence-corrected chi connectivity index (χ3v) is 8.73. The van der Waals surface area contributed by atoms with E-state index in [1.54, 1.807) is 0 Å². The van der Waals surface area contributed by atoms with Gasteiger partial charge in [0.15, 0.2) is 17.5 Å². The fourth-order valence-electron chi connectivity index (χ4n) is 6.37. The van der Waals surface area contributed by atoms with E-state index in [4.69, 9.17) is 19.4 Å². The molecule has 0 atom stereocenters. The molecule has 0 aliphatic heterocycles. The van der Waals surface area contributed by atoms with Gasteiger partial charge in [0.1, 0.15) is 11.2 Å². The van der Waals surface area contributed by atoms with Crippen molar-refractivity contribution in [1.82, 2.24) is 15.0 Å². The van der Waals surface area contributed by atoms with E-state index in [9.17, 15) is 0 Å². The highest BCUT2D eigenvalue weighted by molar-refractivity contribution is 6.11. The molecule has 0 radical (unpaired) electrons. The van der Waals surface area contributed by atoms with Crippen molar-refractivity contribution in [3.05, 3.63) is 164 Å². The predicted molar refractivity (Wildman–Crippen MR) is 192 cm³/mol. The summed E-state index contributed by atoms with van der Waals surface area (Å²) in [5, 5.41) is 4.34. The van der Waals surface area contributed by atoms with Crippen LogP contribution in [0.15, 0.2) is 168 Å². The average Bonchev–Trinajstić information content (AvgIpc) is 3.54. The van der Waals surface area contributed by atoms with Crippen molar-refractivity contribution in [3.8, 4) is 56.4 Å². The zero-order chi connectivity index (χ0) is 31.2. The molecule has 0 unspecified atom stereocenters. The van der Waals surface area contributed by atoms with Crippen LogP contribution in [0.5, 0.6) is 0 Å². The molecule has 2 aromatic heterocycles. The summed E-state index contributed by atoms with van der Waals surface area (Å²) in [6, 6.07) is 56.4. The summed E-state index contributed by atoms with van der Waals surface area (Å²) in [5.74, 6) is 1.84. The number of benzene rings is 7. The summed E-state index contributed by atoms with van der Waals surface area (Å²) in [4.78, 5) is 15.3. The van der Waals surface area contributed by atoms with E-state index in [-0.39, 0.29) is 0 Å². The molecule has 0 amide bonds. The minimum absolute atomic E-state index is 0.605. The average molecular weight is 602 g/mol. The third kappa shape index (κ3) is 4.93. The fourth-order valence-corrected chi connectivity index (χ4v) is 6.37. The van der Waals surface area contributed by atoms with Gasteiger partial charge in [-0.15, -0.1) is 0 Å². The quantitative estimate of drug-likeness (QED) is 0.197. The first-order valence-corrected chi connectivity index (χ1v) is 15.7. The first-order chi connectivity index (χ1) is 23.3. The third-order valence-electron chi connectivity index (χ3n) is 8.73. The van der Waals surface area contributed by atoms with E-state index in [0.29, 0.717) is 17.5 Å². The standard InChI is InChI=1S/C43H27N3O/c1-2-10-28(11-3-1)30-20-22-31(23-21-30)33-14-8-15-34(26-33)41-44-42(35-25-24-29-12-4-5-13-32(29)27-35)46-43(45-41)37-17-9-19-39-40(37)36-16-6-7-18-38(36)47-39/h1-27H. The van der Waals surface area contributed by atoms with Gasteiger partial charge in [-0.05, 0) is 57.3 Å². The second kappa shape index (κ2) is 11.2. The molecule has 0 fully saturated rings. The molecular formula is C43H27N3O. The van der Waals surface area contributed by atoms with Gasteiger partial charge in [-0.25, -0.2) is 15.0 Å². The minimum Gasteiger partial charge on any atom is -0.456 e. The minimum atomic E-state index is 0.605. The molecule has 0 aliphatic rings. The molecule has 0 saturated heterocycles. The second-order valence-electron chi connectivity index (χ2n) is 11.7. The van der Waals surface area contributed by atoms with Crippen molar-refractivity contribution in [1.29, 1.82) is 0 Å². The van der Waals surface area contributed by atoms with E-state index in [0.717, 1.165) is 55.1 Å². The summed E-state index contributed by atoms with van der Waals surface area (Å²) >= 11 is 0. The Balaban J connectivity index is 1.21. The molecule has 0 saturated carbocycles. The highest BCUT2D eigenvalue weighted by Gasteiger charge is 2.18. The molecule has 9 aromatic rings. The van der Waals surface area contributed by atoms with Crippen molar-refractivity contribution < 1.29 is 4.42 Å². The van der Waals surface area contributed by atoms with E-state index in [1.165, 1.54) is 16.5 Å². The Bertz CT molecular complexity index is 2570. The number of furan rings is 1. The van der Waals surface area contributed by atoms with Crippen LogP contribution in [0.3, 0.4) is 0 Å². The van der Waals surface area contributed by atoms with Crippen molar-refractivity contribution in [2.75, 3.05) is 0 Å². The molecule has 0 N–H and O–H groups in total. The van der Waals surface area contributed by atoms with E-state index in [1.807, 2.05) is 36.4 Å². The summed E-state index contributed by atoms with van der Waals surface area (Å²) in [5.41, 5.74) is 9.02. The molecular weight excluding hydrogens is 574 g/mol. The number of hydrogen-bond donors (Lipinski definition) is 0. The maximum Gasteiger partial charge on any atom is 0.164 e. The number of nitrogens with zero attached hydrogens (tertiary/aromatic N) is 3. The smallest absolute Gasteiger partial charge is 0.164 e. The van der Waals surface area contributed by atoms with Gasteiger partial charge in [-0.1, -0.05) is 140 Å². The normalized spacial score (nSPS) is 11.4. The maximum absolute atomic E-state index is 6.22. The number of para-hydroxylation sites is 1. The largest absolute Gasteiger partial charge is 0.456 e. The maximum atomic E-state index is 6.22. The lowest BCUT2D eigenvalue weighted by molar-refractivity contribution is 0.669. The predicted octanol–water partition coefficient (Wildman–Crippen LogP) is 11.3. The van der Waals surface area contributed by atoms with Crippen LogP contribution < -0.4 is 0 Å². The number of aromatic nitrogens is 3. The lowest BCUT2D eigenvalue weighted by Gasteiger charge is -2.11. The summed E-state index contributed by atoms with van der Waals surface area (Å²) in [6.45, 7) is 0. The van der Waals surface area contributed by atoms with Gasteiger partial charge in [0, 0.05) is 27.5 Å². The number of fused-ring (bicyclic) bond motifs is 4. The van der Waals surface area contributed by atoms with Gasteiger partial charge in [0.05, 0.1) is 0 Å². The van der Waals surface area contributed by atoms with Crippen LogP contribution in [0.2, 0.25) is 0 Å². The molecule has 9 rings (SSSR count). The van der Waals surface area contributed by atoms with Gasteiger partial charge in [-0.3, -0.25) is 0 Å². The Kier molecular flexibility index (Phi) is 6.43. The SMILES string of the molecule is c1ccc(-c2ccc(-c3cccc(-c4nc(-c5ccc6ccccc6c5)nc(-c5cccc6oc7ccccc7c56)n4)c3)cc2)cc1. The van der Waals surface area contributed by atoms with Crippen LogP contribution in [-0.2, 0) is 0 Å². The van der Waals surface area contributed by atoms with Gasteiger partial charge in [0.25, 0.3) is 0 Å². The highest BCUT2D eigenvalue weighted by atomic mass is 16.3. The molecule has 0 spiro atoms. The second-order valence-corrected chi connectivity index (χ2v) is 11.7. The van der Waals surface area contributed by atoms with Crippen LogP contribution in [-0.4, -0.2) is 15.0 Å². The Morgan fingerprint density at radius 3 is 1.72 bits per heavy atom. The zero-order valence-electron chi connectivity index (χ0n) is 25.3. The van der Waals surface area contributed by atoms with Crippen molar-refractivity contribution >= 4 is 32.7 Å². The lowest BCUT2D eigenvalue weighted by atomic mass is 9.99. The van der Waals surface area contributed by atoms with E-state index < -0.39 is 0 Å². The number of rotatable bonds is 5. The lowest BCUT2D eigenvalue weighted by Crippen LogP contribution is -2.00. The van der Waals surface area contributed by atoms with Crippen LogP contribution >= 0.6 is 0 Å². The van der Waals surface area contributed by atoms with Gasteiger partial charge in [-0.2, -0.15) is 0 Å². The first kappa shape index (κ1) is 27.0. The molecule has 0 bridgehead atoms. The summed E-state index contributed by atoms with van der Waals surface area (Å²) in [7, 11) is 0. The fraction of sp³-hybridized carbons (Fsp3) is 0. The molecule has 47 heavy (non-hydrogen) atoms. The van der Waals surface area contributed by atoms with Gasteiger partial charge in [0.2, 0.25) is 0 Å². The van der Waals surface area contributed by atoms with Crippen molar-refractivity contribution in [2.24, 2.45) is 0 Å². The molecule has 220 valence electrons. The topological polar surface area (TPSA) is 51.8 Å². The Morgan fingerprint density at radius 1 is 0.340 bits per heavy atom. The van der Waals surface area contributed by atoms with Crippen LogP contribution in [0, 0.1) is 0 Å². The van der Waals surface area contributed by atoms with E-state index >= 15 is 0 Å². The monoisotopic (exact) mass is 601 g/mol. The molecule has 7 aromatic carbocycles. The highest BCUT2D eigenvalue weighted by Crippen LogP contribution is 2.37. The molecule has 0 aliphatic carbocycles. The molecule has 4 heteroatoms. The molecule has 2 heterocycles. The van der Waals surface area contributed by atoms with Crippen LogP contribution in [0.25, 0.3) is 89.1 Å². The Labute approximate surface area is 271 Å². The van der Waals surface area contributed by atoms with Gasteiger partial charge < -0.3 is 4.42 Å². The molecule has 4 nitrogen and oxygen atoms in total. The van der Waals surface area contributed by atoms with E-state index in [2.05, 4.69) is 127 Å². The van der Waals surface area contributed by atoms with Gasteiger partial charge >= 0.3 is 0 Å². The first-order valence-electron chi connectivity index (χ1n) is 15.7. The Hall–Kier alpha value is -6.39. The zero-order valence-corrected chi connectivity index (χ0v) is 25.3. The Morgan fingerprint density at radius 2 is 0.894 bits per heavy atom. The van der Waals surface area contributed by atoms with Crippen LogP contribution in [0.1, 0.15) is 0 Å². The summed E-state index contributed by atoms with van der Waals surface area (Å²) in [6.07, 6.45) is 0.